The summed E-state index contributed by atoms with van der Waals surface area (Å²) in [5, 5.41) is 9.49. The Morgan fingerprint density at radius 2 is 2.06 bits per heavy atom. The number of fused-ring (bicyclic) bond motifs is 1. The van der Waals surface area contributed by atoms with Crippen molar-refractivity contribution in [2.24, 2.45) is 0 Å². The Balaban J connectivity index is 2.13. The number of aromatic nitrogens is 2. The molecule has 2 N–H and O–H groups in total. The molecule has 0 aliphatic heterocycles. The normalized spacial score (nSPS) is 10.9. The first-order valence-corrected chi connectivity index (χ1v) is 6.04. The summed E-state index contributed by atoms with van der Waals surface area (Å²) in [4.78, 5) is 7.82. The number of aromatic hydroxyl groups is 1. The number of aromatic amines is 1. The summed E-state index contributed by atoms with van der Waals surface area (Å²) >= 11 is 0. The van der Waals surface area contributed by atoms with E-state index in [0.29, 0.717) is 0 Å². The highest BCUT2D eigenvalue weighted by atomic mass is 16.3. The van der Waals surface area contributed by atoms with Gasteiger partial charge in [-0.05, 0) is 36.2 Å². The fourth-order valence-corrected chi connectivity index (χ4v) is 2.07. The molecular weight excluding hydrogens is 224 g/mol. The number of hydrogen-bond acceptors (Lipinski definition) is 2. The molecule has 0 amide bonds. The van der Waals surface area contributed by atoms with E-state index >= 15 is 0 Å². The maximum absolute atomic E-state index is 9.49. The molecule has 90 valence electrons. The van der Waals surface area contributed by atoms with Crippen molar-refractivity contribution in [2.75, 3.05) is 0 Å². The molecule has 0 aliphatic rings. The minimum atomic E-state index is 0.252. The second kappa shape index (κ2) is 4.18. The van der Waals surface area contributed by atoms with Crippen LogP contribution in [0, 0.1) is 0 Å². The highest BCUT2D eigenvalue weighted by Gasteiger charge is 2.06. The molecule has 3 heteroatoms. The smallest absolute Gasteiger partial charge is 0.138 e. The van der Waals surface area contributed by atoms with Gasteiger partial charge < -0.3 is 10.1 Å². The number of H-pyrrole nitrogens is 1. The lowest BCUT2D eigenvalue weighted by Gasteiger charge is -1.96. The van der Waals surface area contributed by atoms with Crippen LogP contribution in [0.3, 0.4) is 0 Å². The summed E-state index contributed by atoms with van der Waals surface area (Å²) in [5.41, 5.74) is 4.16. The predicted octanol–water partition coefficient (Wildman–Crippen LogP) is 3.50. The van der Waals surface area contributed by atoms with Crippen molar-refractivity contribution < 1.29 is 5.11 Å². The van der Waals surface area contributed by atoms with Gasteiger partial charge in [-0.25, -0.2) is 4.98 Å². The van der Waals surface area contributed by atoms with Crippen LogP contribution in [0.4, 0.5) is 0 Å². The van der Waals surface area contributed by atoms with Crippen LogP contribution in [0.15, 0.2) is 42.5 Å². The third-order valence-electron chi connectivity index (χ3n) is 3.07. The van der Waals surface area contributed by atoms with Gasteiger partial charge in [0.1, 0.15) is 11.6 Å². The van der Waals surface area contributed by atoms with Crippen molar-refractivity contribution in [3.63, 3.8) is 0 Å². The van der Waals surface area contributed by atoms with Crippen LogP contribution in [0.5, 0.6) is 5.75 Å². The summed E-state index contributed by atoms with van der Waals surface area (Å²) in [7, 11) is 0. The van der Waals surface area contributed by atoms with E-state index in [0.717, 1.165) is 28.8 Å². The fourth-order valence-electron chi connectivity index (χ4n) is 2.07. The zero-order chi connectivity index (χ0) is 12.5. The maximum Gasteiger partial charge on any atom is 0.138 e. The highest BCUT2D eigenvalue weighted by Crippen LogP contribution is 2.23. The lowest BCUT2D eigenvalue weighted by Crippen LogP contribution is -1.79. The molecule has 3 rings (SSSR count). The number of phenolic OH excluding ortho intramolecular Hbond substituents is 1. The Morgan fingerprint density at radius 3 is 2.83 bits per heavy atom. The van der Waals surface area contributed by atoms with E-state index in [-0.39, 0.29) is 5.75 Å². The minimum Gasteiger partial charge on any atom is -0.508 e. The van der Waals surface area contributed by atoms with Gasteiger partial charge >= 0.3 is 0 Å². The SMILES string of the molecule is CCc1ccc2nc(-c3cccc(O)c3)[nH]c2c1. The molecule has 3 aromatic rings. The zero-order valence-electron chi connectivity index (χ0n) is 10.1. The number of nitrogens with zero attached hydrogens (tertiary/aromatic N) is 1. The van der Waals surface area contributed by atoms with Gasteiger partial charge in [0, 0.05) is 5.56 Å². The van der Waals surface area contributed by atoms with Crippen LogP contribution in [0.25, 0.3) is 22.4 Å². The first kappa shape index (κ1) is 10.8. The minimum absolute atomic E-state index is 0.252. The molecule has 0 saturated carbocycles. The van der Waals surface area contributed by atoms with Crippen LogP contribution < -0.4 is 0 Å². The van der Waals surface area contributed by atoms with Gasteiger partial charge in [-0.3, -0.25) is 0 Å². The van der Waals surface area contributed by atoms with Gasteiger partial charge in [0.2, 0.25) is 0 Å². The van der Waals surface area contributed by atoms with Crippen molar-refractivity contribution >= 4 is 11.0 Å². The van der Waals surface area contributed by atoms with E-state index in [1.807, 2.05) is 18.2 Å². The second-order valence-electron chi connectivity index (χ2n) is 4.34. The number of rotatable bonds is 2. The molecule has 0 unspecified atom stereocenters. The van der Waals surface area contributed by atoms with E-state index in [1.54, 1.807) is 12.1 Å². The average molecular weight is 238 g/mol. The third-order valence-corrected chi connectivity index (χ3v) is 3.07. The molecule has 0 radical (unpaired) electrons. The summed E-state index contributed by atoms with van der Waals surface area (Å²) in [5.74, 6) is 1.04. The van der Waals surface area contributed by atoms with Gasteiger partial charge in [-0.1, -0.05) is 25.1 Å². The number of nitrogens with one attached hydrogen (secondary N) is 1. The quantitative estimate of drug-likeness (QED) is 0.717. The van der Waals surface area contributed by atoms with E-state index in [2.05, 4.69) is 29.0 Å². The molecular formula is C15H14N2O. The predicted molar refractivity (Wildman–Crippen MR) is 72.6 cm³/mol. The van der Waals surface area contributed by atoms with Crippen LogP contribution in [0.2, 0.25) is 0 Å². The van der Waals surface area contributed by atoms with Gasteiger partial charge in [-0.2, -0.15) is 0 Å². The molecule has 3 nitrogen and oxygen atoms in total. The Morgan fingerprint density at radius 1 is 1.17 bits per heavy atom. The summed E-state index contributed by atoms with van der Waals surface area (Å²) in [6.45, 7) is 2.13. The molecule has 0 bridgehead atoms. The summed E-state index contributed by atoms with van der Waals surface area (Å²) in [6, 6.07) is 13.3. The number of hydrogen-bond donors (Lipinski definition) is 2. The van der Waals surface area contributed by atoms with Gasteiger partial charge in [0.25, 0.3) is 0 Å². The maximum atomic E-state index is 9.49. The monoisotopic (exact) mass is 238 g/mol. The molecule has 18 heavy (non-hydrogen) atoms. The zero-order valence-corrected chi connectivity index (χ0v) is 10.1. The lowest BCUT2D eigenvalue weighted by molar-refractivity contribution is 0.475. The van der Waals surface area contributed by atoms with Crippen LogP contribution in [0.1, 0.15) is 12.5 Å². The van der Waals surface area contributed by atoms with Crippen molar-refractivity contribution in [3.8, 4) is 17.1 Å². The van der Waals surface area contributed by atoms with E-state index in [1.165, 1.54) is 5.56 Å². The molecule has 0 atom stereocenters. The molecule has 0 aliphatic carbocycles. The number of aryl methyl sites for hydroxylation is 1. The lowest BCUT2D eigenvalue weighted by atomic mass is 10.1. The van der Waals surface area contributed by atoms with Gasteiger partial charge in [0.15, 0.2) is 0 Å². The molecule has 1 heterocycles. The first-order chi connectivity index (χ1) is 8.76. The number of imidazole rings is 1. The van der Waals surface area contributed by atoms with E-state index in [4.69, 9.17) is 0 Å². The largest absolute Gasteiger partial charge is 0.508 e. The van der Waals surface area contributed by atoms with Gasteiger partial charge in [-0.15, -0.1) is 0 Å². The van der Waals surface area contributed by atoms with Crippen molar-refractivity contribution in [3.05, 3.63) is 48.0 Å². The van der Waals surface area contributed by atoms with Crippen molar-refractivity contribution in [1.82, 2.24) is 9.97 Å². The van der Waals surface area contributed by atoms with E-state index < -0.39 is 0 Å². The Hall–Kier alpha value is -2.29. The van der Waals surface area contributed by atoms with Crippen LogP contribution >= 0.6 is 0 Å². The van der Waals surface area contributed by atoms with Crippen LogP contribution in [-0.2, 0) is 6.42 Å². The Bertz CT molecular complexity index is 701. The van der Waals surface area contributed by atoms with Crippen molar-refractivity contribution in [1.29, 1.82) is 0 Å². The third kappa shape index (κ3) is 1.84. The highest BCUT2D eigenvalue weighted by molar-refractivity contribution is 5.80. The van der Waals surface area contributed by atoms with Crippen LogP contribution in [-0.4, -0.2) is 15.1 Å². The Kier molecular flexibility index (Phi) is 2.52. The number of benzene rings is 2. The molecule has 0 saturated heterocycles. The molecule has 2 aromatic carbocycles. The Labute approximate surface area is 105 Å². The molecule has 1 aromatic heterocycles. The number of phenols is 1. The fraction of sp³-hybridized carbons (Fsp3) is 0.133. The average Bonchev–Trinajstić information content (AvgIpc) is 2.81. The summed E-state index contributed by atoms with van der Waals surface area (Å²) < 4.78 is 0. The topological polar surface area (TPSA) is 48.9 Å². The molecule has 0 fully saturated rings. The van der Waals surface area contributed by atoms with Crippen molar-refractivity contribution in [2.45, 2.75) is 13.3 Å². The molecule has 0 spiro atoms. The first-order valence-electron chi connectivity index (χ1n) is 6.04. The second-order valence-corrected chi connectivity index (χ2v) is 4.34. The standard InChI is InChI=1S/C15H14N2O/c1-2-10-6-7-13-14(8-10)17-15(16-13)11-4-3-5-12(18)9-11/h3-9,18H,2H2,1H3,(H,16,17). The summed E-state index contributed by atoms with van der Waals surface area (Å²) in [6.07, 6.45) is 1.01. The van der Waals surface area contributed by atoms with Gasteiger partial charge in [0.05, 0.1) is 11.0 Å². The van der Waals surface area contributed by atoms with E-state index in [9.17, 15) is 5.11 Å².